The van der Waals surface area contributed by atoms with Crippen LogP contribution in [-0.2, 0) is 111 Å². The molecule has 8 aliphatic heterocycles. The number of hydrogen-bond acceptors (Lipinski definition) is 28. The third-order valence-electron chi connectivity index (χ3n) is 20.2. The molecule has 8 aliphatic rings. The number of amides is 4. The molecule has 0 radical (unpaired) electrons. The Bertz CT molecular complexity index is 5130. The van der Waals surface area contributed by atoms with Crippen LogP contribution in [0.3, 0.4) is 0 Å². The van der Waals surface area contributed by atoms with E-state index in [1.54, 1.807) is 62.4 Å². The highest BCUT2D eigenvalue weighted by Crippen LogP contribution is 2.48. The summed E-state index contributed by atoms with van der Waals surface area (Å²) in [6, 6.07) is 24.7. The number of ether oxygens (including phenoxy) is 5. The van der Waals surface area contributed by atoms with Gasteiger partial charge in [-0.3, -0.25) is 52.3 Å². The summed E-state index contributed by atoms with van der Waals surface area (Å²) < 4.78 is 85.1. The van der Waals surface area contributed by atoms with Gasteiger partial charge in [0.1, 0.15) is 47.6 Å². The van der Waals surface area contributed by atoms with Gasteiger partial charge in [0.05, 0.1) is 86.6 Å². The third-order valence-corrected chi connectivity index (χ3v) is 24.9. The number of esters is 5. The van der Waals surface area contributed by atoms with Gasteiger partial charge in [0.25, 0.3) is 31.9 Å². The van der Waals surface area contributed by atoms with Crippen LogP contribution < -0.4 is 25.7 Å². The molecule has 0 aliphatic carbocycles. The molecule has 0 saturated carbocycles. The fourth-order valence-electron chi connectivity index (χ4n) is 14.2. The Morgan fingerprint density at radius 1 is 0.608 bits per heavy atom. The normalized spacial score (nSPS) is 20.7. The Morgan fingerprint density at radius 3 is 1.29 bits per heavy atom. The number of fused-ring (bicyclic) bond motifs is 2. The molecule has 9 atom stereocenters. The number of aliphatic hydroxyl groups is 4. The number of cyclic esters (lactones) is 4. The molecule has 6 fully saturated rings. The van der Waals surface area contributed by atoms with Crippen molar-refractivity contribution in [2.45, 2.75) is 240 Å². The van der Waals surface area contributed by atoms with Crippen LogP contribution in [-0.4, -0.2) is 221 Å². The number of carbonyl (C=O) groups is 9. The van der Waals surface area contributed by atoms with Gasteiger partial charge in [0.15, 0.2) is 10.1 Å². The van der Waals surface area contributed by atoms with Crippen LogP contribution in [0.15, 0.2) is 112 Å². The number of methoxy groups -OCH3 is 1. The average Bonchev–Trinajstić information content (AvgIpc) is 1.55. The summed E-state index contributed by atoms with van der Waals surface area (Å²) in [5.41, 5.74) is 13.4. The number of imidazole rings is 2. The molecule has 2 aromatic heterocycles. The van der Waals surface area contributed by atoms with E-state index >= 15 is 0 Å². The summed E-state index contributed by atoms with van der Waals surface area (Å²) in [4.78, 5) is 123. The van der Waals surface area contributed by atoms with E-state index in [0.717, 1.165) is 15.7 Å². The van der Waals surface area contributed by atoms with E-state index < -0.39 is 79.0 Å². The highest BCUT2D eigenvalue weighted by molar-refractivity contribution is 7.89. The average molecular weight is 1960 g/mol. The standard InChI is InChI=1S/C30H28Cl2N6O6S.C25H22Cl2N6O4S.C6H12ClNO3.C5H7N3O2.2C5H8O3.CH4O.8CH4/c1-30(14-18-4-6-19(15-33)7-5-18)28(41)37(22-12-20(31)11-21(32)13-22)29-35-17-25(38(29)30)45(42,43)36-10-2-3-24(36)27(40)34-16-23-8-9-26(39)44-23;1-25(12-15-4-6-16(13-28)7-5-15)23(35)32(19-10-17(26)9-18(27)11-19)24-30-14-21(33(24)25)38(36,37)31-8-2-3-20(31)22(29)34;1-11-6(10)3-2-5(9)4-8-7;6-8-7-3-4-1-2-5(9)10-4;2*6-3-4-1-2-5(7)8-4;1-2;;;;;;;;/h4-7,11-13,17,23-24H,2-3,8-10,14,16H2,1H3,(H,34,40);4-7,9-11,14,20H,2-3,8,12H2,1H3,(H2,29,34);5,8-9H,2-4H2,1H3;4H,1-3H2;2*4,6H,1-3H2;2H,1H3;8*1H4/t23-,24+,30-;20-,25+;5-;3*4-;;;;;;;;;/m101111........./s1. The van der Waals surface area contributed by atoms with Crippen molar-refractivity contribution < 1.29 is 104 Å². The van der Waals surface area contributed by atoms with Crippen LogP contribution >= 0.6 is 58.2 Å². The first kappa shape index (κ1) is 120. The Kier molecular flexibility index (Phi) is 50.4. The molecule has 4 aromatic carbocycles. The fraction of sp³-hybridized carbons (Fsp3) is 0.518. The summed E-state index contributed by atoms with van der Waals surface area (Å²) in [6.45, 7) is 4.02. The van der Waals surface area contributed by atoms with Gasteiger partial charge < -0.3 is 55.2 Å². The van der Waals surface area contributed by atoms with E-state index in [-0.39, 0.29) is 221 Å². The number of azide groups is 1. The van der Waals surface area contributed by atoms with Gasteiger partial charge in [-0.2, -0.15) is 19.1 Å². The number of anilines is 4. The lowest BCUT2D eigenvalue weighted by atomic mass is 9.91. The number of aliphatic hydroxyl groups excluding tert-OH is 4. The van der Waals surface area contributed by atoms with Gasteiger partial charge in [-0.25, -0.2) is 41.4 Å². The summed E-state index contributed by atoms with van der Waals surface area (Å²) in [5, 5.41) is 57.9. The first-order valence-corrected chi connectivity index (χ1v) is 42.7. The second-order valence-electron chi connectivity index (χ2n) is 28.7. The number of nitriles is 2. The zero-order valence-corrected chi connectivity index (χ0v) is 71.7. The van der Waals surface area contributed by atoms with Crippen molar-refractivity contribution >= 4 is 155 Å². The Hall–Kier alpha value is -10.1. The van der Waals surface area contributed by atoms with Gasteiger partial charge >= 0.3 is 29.8 Å². The van der Waals surface area contributed by atoms with E-state index in [4.69, 9.17) is 105 Å². The van der Waals surface area contributed by atoms with Crippen LogP contribution in [0.25, 0.3) is 10.4 Å². The first-order valence-electron chi connectivity index (χ1n) is 38.0. The molecule has 14 rings (SSSR count). The van der Waals surface area contributed by atoms with Crippen molar-refractivity contribution in [3.05, 3.63) is 150 Å². The maximum Gasteiger partial charge on any atom is 0.306 e. The number of primary amides is 1. The molecule has 6 saturated heterocycles. The smallest absolute Gasteiger partial charge is 0.306 e. The minimum absolute atomic E-state index is 0. The third kappa shape index (κ3) is 29.7. The molecular weight excluding hydrogens is 1840 g/mol. The first-order chi connectivity index (χ1) is 58.1. The molecule has 6 aromatic rings. The molecule has 0 bridgehead atoms. The number of hydrogen-bond donors (Lipinski definition) is 7. The van der Waals surface area contributed by atoms with Crippen molar-refractivity contribution in [2.75, 3.05) is 70.0 Å². The van der Waals surface area contributed by atoms with Gasteiger partial charge in [-0.1, -0.05) is 135 Å². The molecule has 0 unspecified atom stereocenters. The molecular formula is C85H121Cl5N16O22S2. The van der Waals surface area contributed by atoms with Gasteiger partial charge in [-0.15, -0.1) is 0 Å². The Balaban J connectivity index is 0.00000174. The summed E-state index contributed by atoms with van der Waals surface area (Å²) in [5.74, 6) is -3.26. The SMILES string of the molecule is C.C.C.C.C.C.C.C.CO.COC(=O)CC[C@@H](O)CNCl.C[C@@]1(Cc2ccc(C#N)cc2)C(=O)N(c2cc(Cl)cc(Cl)c2)c2ncc(S(=O)(=O)N3CCC[C@H]3C(=O)NC[C@H]3CCC(=O)O3)n21.C[C@@]1(Cc2ccc(C#N)cc2)C(=O)N(c2cc(Cl)cc(Cl)c2)c2ncc(S(=O)(=O)N3CCC[C@H]3C(N)=O)n21.O=C1CC[C@H](CO)O1.O=C1CC[C@H](CO)O1.[N-]=[N+]=NC[C@H]1CCC(=O)O1. The van der Waals surface area contributed by atoms with Crippen molar-refractivity contribution in [2.24, 2.45) is 10.8 Å². The monoisotopic (exact) mass is 1960 g/mol. The van der Waals surface area contributed by atoms with E-state index in [1.807, 2.05) is 0 Å². The molecule has 4 amide bonds. The van der Waals surface area contributed by atoms with Crippen LogP contribution in [0.4, 0.5) is 23.3 Å². The number of benzene rings is 4. The number of carbonyl (C=O) groups excluding carboxylic acids is 9. The number of halogens is 5. The number of aromatic nitrogens is 4. The summed E-state index contributed by atoms with van der Waals surface area (Å²) in [7, 11) is -6.33. The maximum absolute atomic E-state index is 14.4. The van der Waals surface area contributed by atoms with E-state index in [1.165, 1.54) is 74.8 Å². The lowest BCUT2D eigenvalue weighted by Gasteiger charge is -2.29. The largest absolute Gasteiger partial charge is 0.469 e. The lowest BCUT2D eigenvalue weighted by molar-refractivity contribution is -0.143. The fourth-order valence-corrected chi connectivity index (χ4v) is 19.1. The number of sulfonamides is 2. The quantitative estimate of drug-likeness (QED) is 0.00782. The molecule has 130 heavy (non-hydrogen) atoms. The highest BCUT2D eigenvalue weighted by atomic mass is 35.5. The van der Waals surface area contributed by atoms with E-state index in [9.17, 15) is 65.2 Å². The van der Waals surface area contributed by atoms with Crippen molar-refractivity contribution in [3.8, 4) is 12.1 Å². The van der Waals surface area contributed by atoms with Crippen molar-refractivity contribution in [3.63, 3.8) is 0 Å². The molecule has 38 nitrogen and oxygen atoms in total. The number of rotatable bonds is 23. The second-order valence-corrected chi connectivity index (χ2v) is 34.4. The lowest BCUT2D eigenvalue weighted by Crippen LogP contribution is -2.48. The minimum atomic E-state index is -4.37. The van der Waals surface area contributed by atoms with Crippen LogP contribution in [0.5, 0.6) is 0 Å². The van der Waals surface area contributed by atoms with Crippen LogP contribution in [0.1, 0.15) is 185 Å². The summed E-state index contributed by atoms with van der Waals surface area (Å²) in [6.07, 6.45) is 7.15. The minimum Gasteiger partial charge on any atom is -0.469 e. The summed E-state index contributed by atoms with van der Waals surface area (Å²) >= 11 is 30.1. The number of nitrogens with two attached hydrogens (primary N) is 1. The molecule has 10 heterocycles. The Labute approximate surface area is 785 Å². The van der Waals surface area contributed by atoms with Gasteiger partial charge in [0.2, 0.25) is 23.7 Å². The van der Waals surface area contributed by atoms with E-state index in [0.29, 0.717) is 111 Å². The predicted octanol–water partition coefficient (Wildman–Crippen LogP) is 12.1. The van der Waals surface area contributed by atoms with Crippen LogP contribution in [0.2, 0.25) is 20.1 Å². The zero-order chi connectivity index (χ0) is 89.6. The number of nitrogens with one attached hydrogen (secondary N) is 2. The predicted molar refractivity (Wildman–Crippen MR) is 492 cm³/mol. The Morgan fingerprint density at radius 2 is 0.969 bits per heavy atom. The molecule has 45 heteroatoms. The van der Waals surface area contributed by atoms with Gasteiger partial charge in [0, 0.05) is 96.7 Å². The maximum atomic E-state index is 14.4. The zero-order valence-electron chi connectivity index (χ0n) is 66.3. The topological polar surface area (TPSA) is 544 Å². The van der Waals surface area contributed by atoms with Gasteiger partial charge in [-0.05, 0) is 161 Å². The van der Waals surface area contributed by atoms with Crippen molar-refractivity contribution in [1.82, 2.24) is 37.9 Å². The second kappa shape index (κ2) is 54.6. The number of nitrogens with zero attached hydrogens (tertiary/aromatic N) is 13. The molecule has 720 valence electrons. The molecule has 8 N–H and O–H groups in total. The highest BCUT2D eigenvalue weighted by Gasteiger charge is 2.56. The van der Waals surface area contributed by atoms with E-state index in [2.05, 4.69) is 56.5 Å². The van der Waals surface area contributed by atoms with Crippen molar-refractivity contribution in [1.29, 1.82) is 10.5 Å². The molecule has 0 spiro atoms. The van der Waals surface area contributed by atoms with Crippen LogP contribution in [0, 0.1) is 22.7 Å².